The molecule has 2 amide bonds. The van der Waals surface area contributed by atoms with Gasteiger partial charge in [-0.1, -0.05) is 0 Å². The molecule has 2 heterocycles. The van der Waals surface area contributed by atoms with E-state index in [-0.39, 0.29) is 23.2 Å². The summed E-state index contributed by atoms with van der Waals surface area (Å²) < 4.78 is 0. The van der Waals surface area contributed by atoms with Gasteiger partial charge in [0, 0.05) is 12.8 Å². The number of imide groups is 1. The number of anilines is 1. The molecule has 2 rings (SSSR count). The van der Waals surface area contributed by atoms with Gasteiger partial charge in [0.25, 0.3) is 0 Å². The quantitative estimate of drug-likeness (QED) is 0.703. The van der Waals surface area contributed by atoms with Crippen LogP contribution in [0.1, 0.15) is 31.2 Å². The zero-order valence-electron chi connectivity index (χ0n) is 8.56. The Morgan fingerprint density at radius 3 is 2.50 bits per heavy atom. The fraction of sp³-hybridized carbons (Fsp3) is 0.400. The number of aromatic nitrogens is 2. The lowest BCUT2D eigenvalue weighted by atomic mass is 10.2. The molecule has 0 atom stereocenters. The first-order chi connectivity index (χ1) is 7.74. The monoisotopic (exact) mass is 218 g/mol. The van der Waals surface area contributed by atoms with E-state index in [2.05, 4.69) is 10.2 Å². The van der Waals surface area contributed by atoms with Gasteiger partial charge in [0.1, 0.15) is 11.6 Å². The van der Waals surface area contributed by atoms with E-state index in [4.69, 9.17) is 5.26 Å². The maximum atomic E-state index is 11.7. The molecule has 1 fully saturated rings. The van der Waals surface area contributed by atoms with Crippen LogP contribution >= 0.6 is 0 Å². The van der Waals surface area contributed by atoms with E-state index in [0.717, 1.165) is 4.90 Å². The van der Waals surface area contributed by atoms with Gasteiger partial charge in [-0.15, -0.1) is 0 Å². The first-order valence-electron chi connectivity index (χ1n) is 5.03. The standard InChI is InChI=1S/C10H10N4O2/c11-5-7-6-12-13-10(7)14-8(15)3-1-2-4-9(14)16/h6H,1-4H2,(H,12,13). The molecule has 6 heteroatoms. The van der Waals surface area contributed by atoms with E-state index >= 15 is 0 Å². The predicted molar refractivity (Wildman–Crippen MR) is 54.3 cm³/mol. The van der Waals surface area contributed by atoms with E-state index in [1.165, 1.54) is 6.20 Å². The highest BCUT2D eigenvalue weighted by Crippen LogP contribution is 2.22. The number of nitrogens with zero attached hydrogens (tertiary/aromatic N) is 3. The summed E-state index contributed by atoms with van der Waals surface area (Å²) in [6, 6.07) is 1.89. The summed E-state index contributed by atoms with van der Waals surface area (Å²) in [4.78, 5) is 24.5. The minimum Gasteiger partial charge on any atom is -0.274 e. The van der Waals surface area contributed by atoms with E-state index in [1.807, 2.05) is 6.07 Å². The number of H-pyrrole nitrogens is 1. The molecule has 0 radical (unpaired) electrons. The molecule has 1 aliphatic heterocycles. The molecule has 1 aromatic heterocycles. The topological polar surface area (TPSA) is 89.8 Å². The van der Waals surface area contributed by atoms with Crippen LogP contribution in [0.5, 0.6) is 0 Å². The third-order valence-electron chi connectivity index (χ3n) is 2.49. The number of carbonyl (C=O) groups is 2. The second-order valence-corrected chi connectivity index (χ2v) is 3.57. The first kappa shape index (κ1) is 10.4. The summed E-state index contributed by atoms with van der Waals surface area (Å²) in [5.74, 6) is -0.356. The fourth-order valence-electron chi connectivity index (χ4n) is 1.70. The van der Waals surface area contributed by atoms with Crippen molar-refractivity contribution < 1.29 is 9.59 Å². The molecule has 82 valence electrons. The van der Waals surface area contributed by atoms with Gasteiger partial charge < -0.3 is 0 Å². The zero-order chi connectivity index (χ0) is 11.5. The number of rotatable bonds is 1. The average Bonchev–Trinajstić information content (AvgIpc) is 2.66. The smallest absolute Gasteiger partial charge is 0.235 e. The molecule has 0 bridgehead atoms. The molecular formula is C10H10N4O2. The average molecular weight is 218 g/mol. The van der Waals surface area contributed by atoms with Crippen LogP contribution in [0.3, 0.4) is 0 Å². The normalized spacial score (nSPS) is 17.1. The van der Waals surface area contributed by atoms with Gasteiger partial charge in [0.05, 0.1) is 6.20 Å². The number of hydrogen-bond acceptors (Lipinski definition) is 4. The predicted octanol–water partition coefficient (Wildman–Crippen LogP) is 0.715. The van der Waals surface area contributed by atoms with Crippen LogP contribution in [0, 0.1) is 11.3 Å². The van der Waals surface area contributed by atoms with Crippen LogP contribution < -0.4 is 4.90 Å². The van der Waals surface area contributed by atoms with Gasteiger partial charge in [-0.05, 0) is 12.8 Å². The van der Waals surface area contributed by atoms with Crippen molar-refractivity contribution in [3.05, 3.63) is 11.8 Å². The molecule has 1 aromatic rings. The summed E-state index contributed by atoms with van der Waals surface area (Å²) in [6.45, 7) is 0. The van der Waals surface area contributed by atoms with Crippen molar-refractivity contribution in [2.24, 2.45) is 0 Å². The lowest BCUT2D eigenvalue weighted by Gasteiger charge is -2.16. The maximum Gasteiger partial charge on any atom is 0.235 e. The fourth-order valence-corrected chi connectivity index (χ4v) is 1.70. The second kappa shape index (κ2) is 4.14. The van der Waals surface area contributed by atoms with Gasteiger partial charge in [0.15, 0.2) is 5.82 Å². The number of carbonyl (C=O) groups excluding carboxylic acids is 2. The summed E-state index contributed by atoms with van der Waals surface area (Å²) >= 11 is 0. The Morgan fingerprint density at radius 1 is 1.31 bits per heavy atom. The lowest BCUT2D eigenvalue weighted by molar-refractivity contribution is -0.125. The summed E-state index contributed by atoms with van der Waals surface area (Å²) in [5, 5.41) is 15.0. The van der Waals surface area contributed by atoms with Crippen molar-refractivity contribution in [1.82, 2.24) is 10.2 Å². The number of nitriles is 1. The molecule has 1 N–H and O–H groups in total. The largest absolute Gasteiger partial charge is 0.274 e. The highest BCUT2D eigenvalue weighted by atomic mass is 16.2. The Balaban J connectivity index is 2.40. The molecule has 0 spiro atoms. The number of amides is 2. The van der Waals surface area contributed by atoms with Crippen molar-refractivity contribution in [3.8, 4) is 6.07 Å². The highest BCUT2D eigenvalue weighted by Gasteiger charge is 2.28. The number of nitrogens with one attached hydrogen (secondary N) is 1. The Bertz CT molecular complexity index is 453. The van der Waals surface area contributed by atoms with Gasteiger partial charge in [0.2, 0.25) is 11.8 Å². The van der Waals surface area contributed by atoms with Gasteiger partial charge in [-0.2, -0.15) is 10.4 Å². The van der Waals surface area contributed by atoms with Crippen molar-refractivity contribution in [2.45, 2.75) is 25.7 Å². The Kier molecular flexibility index (Phi) is 2.68. The van der Waals surface area contributed by atoms with Gasteiger partial charge in [-0.25, -0.2) is 4.90 Å². The van der Waals surface area contributed by atoms with Gasteiger partial charge >= 0.3 is 0 Å². The molecule has 0 saturated carbocycles. The molecule has 0 aromatic carbocycles. The molecular weight excluding hydrogens is 208 g/mol. The molecule has 1 saturated heterocycles. The van der Waals surface area contributed by atoms with Crippen molar-refractivity contribution in [2.75, 3.05) is 4.90 Å². The SMILES string of the molecule is N#Cc1cn[nH]c1N1C(=O)CCCCC1=O. The van der Waals surface area contributed by atoms with Crippen LogP contribution in [0.25, 0.3) is 0 Å². The van der Waals surface area contributed by atoms with Crippen LogP contribution in [0.15, 0.2) is 6.20 Å². The van der Waals surface area contributed by atoms with Crippen LogP contribution in [-0.4, -0.2) is 22.0 Å². The third kappa shape index (κ3) is 1.67. The molecule has 16 heavy (non-hydrogen) atoms. The molecule has 0 unspecified atom stereocenters. The Morgan fingerprint density at radius 2 is 1.94 bits per heavy atom. The zero-order valence-corrected chi connectivity index (χ0v) is 8.56. The Labute approximate surface area is 91.9 Å². The Hall–Kier alpha value is -2.16. The molecule has 6 nitrogen and oxygen atoms in total. The van der Waals surface area contributed by atoms with Gasteiger partial charge in [-0.3, -0.25) is 14.7 Å². The van der Waals surface area contributed by atoms with E-state index in [0.29, 0.717) is 25.7 Å². The molecule has 1 aliphatic rings. The second-order valence-electron chi connectivity index (χ2n) is 3.57. The van der Waals surface area contributed by atoms with Crippen molar-refractivity contribution in [3.63, 3.8) is 0 Å². The number of hydrogen-bond donors (Lipinski definition) is 1. The van der Waals surface area contributed by atoms with Crippen molar-refractivity contribution in [1.29, 1.82) is 5.26 Å². The van der Waals surface area contributed by atoms with Crippen LogP contribution in [0.2, 0.25) is 0 Å². The van der Waals surface area contributed by atoms with E-state index in [1.54, 1.807) is 0 Å². The third-order valence-corrected chi connectivity index (χ3v) is 2.49. The summed E-state index contributed by atoms with van der Waals surface area (Å²) in [6.07, 6.45) is 3.38. The number of aromatic amines is 1. The maximum absolute atomic E-state index is 11.7. The highest BCUT2D eigenvalue weighted by molar-refractivity contribution is 6.15. The minimum absolute atomic E-state index is 0.194. The first-order valence-corrected chi connectivity index (χ1v) is 5.03. The van der Waals surface area contributed by atoms with Crippen LogP contribution in [-0.2, 0) is 9.59 Å². The van der Waals surface area contributed by atoms with Crippen molar-refractivity contribution >= 4 is 17.6 Å². The van der Waals surface area contributed by atoms with E-state index < -0.39 is 0 Å². The molecule has 0 aliphatic carbocycles. The lowest BCUT2D eigenvalue weighted by Crippen LogP contribution is -2.35. The van der Waals surface area contributed by atoms with E-state index in [9.17, 15) is 9.59 Å². The van der Waals surface area contributed by atoms with Crippen LogP contribution in [0.4, 0.5) is 5.82 Å². The minimum atomic E-state index is -0.275. The summed E-state index contributed by atoms with van der Waals surface area (Å²) in [7, 11) is 0. The summed E-state index contributed by atoms with van der Waals surface area (Å²) in [5.41, 5.74) is 0.212.